The summed E-state index contributed by atoms with van der Waals surface area (Å²) in [6.45, 7) is -10.9. The molecule has 0 bridgehead atoms. The van der Waals surface area contributed by atoms with E-state index in [4.69, 9.17) is 18.0 Å². The highest BCUT2D eigenvalue weighted by molar-refractivity contribution is 7.92. The predicted octanol–water partition coefficient (Wildman–Crippen LogP) is 14.3. The minimum atomic E-state index is -5.59. The molecule has 6 heterocycles. The van der Waals surface area contributed by atoms with Gasteiger partial charge in [-0.15, -0.1) is 0 Å². The van der Waals surface area contributed by atoms with Crippen molar-refractivity contribution in [2.45, 2.75) is 74.0 Å². The monoisotopic (exact) mass is 2010 g/mol. The van der Waals surface area contributed by atoms with E-state index in [9.17, 15) is 68.3 Å². The summed E-state index contributed by atoms with van der Waals surface area (Å²) >= 11 is 0. The number of esters is 1. The molecule has 1 unspecified atom stereocenters. The first-order valence-corrected chi connectivity index (χ1v) is 49.4. The lowest BCUT2D eigenvalue weighted by atomic mass is 9.89. The Morgan fingerprint density at radius 3 is 1.41 bits per heavy atom. The maximum absolute atomic E-state index is 16.9. The molecule has 1 saturated carbocycles. The zero-order chi connectivity index (χ0) is 101. The Morgan fingerprint density at radius 1 is 0.482 bits per heavy atom. The Kier molecular flexibility index (Phi) is 27.6. The molecule has 0 radical (unpaired) electrons. The number of piperazine rings is 2. The molecular weight excluding hydrogens is 1920 g/mol. The molecule has 1 aliphatic carbocycles. The number of hydrogen-bond donors (Lipinski definition) is 5. The number of hydrogen-bond acceptors (Lipinski definition) is 19. The van der Waals surface area contributed by atoms with E-state index in [1.165, 1.54) is 99.7 Å². The Morgan fingerprint density at radius 2 is 0.929 bits per heavy atom. The van der Waals surface area contributed by atoms with Crippen LogP contribution in [0.1, 0.15) is 112 Å². The molecular formula is C98H89F10N11O19S3. The number of sulfonamides is 3. The highest BCUT2D eigenvalue weighted by Crippen LogP contribution is 2.50. The van der Waals surface area contributed by atoms with E-state index in [0.717, 1.165) is 114 Å². The quantitative estimate of drug-likeness (QED) is 0.0199. The fourth-order valence-electron chi connectivity index (χ4n) is 18.7. The fraction of sp³-hybridized carbons (Fsp3) is 0.296. The first-order chi connectivity index (χ1) is 67.1. The molecule has 43 heteroatoms. The van der Waals surface area contributed by atoms with E-state index in [2.05, 4.69) is 26.6 Å². The normalized spacial score (nSPS) is 15.8. The van der Waals surface area contributed by atoms with Crippen LogP contribution in [0.25, 0.3) is 100 Å². The van der Waals surface area contributed by atoms with E-state index in [-0.39, 0.29) is 156 Å². The third kappa shape index (κ3) is 19.1. The Bertz CT molecular complexity index is 7430. The van der Waals surface area contributed by atoms with Gasteiger partial charge in [-0.25, -0.2) is 51.6 Å². The molecule has 1 spiro atoms. The van der Waals surface area contributed by atoms with Crippen LogP contribution in [0.5, 0.6) is 0 Å². The lowest BCUT2D eigenvalue weighted by Crippen LogP contribution is -2.65. The Balaban J connectivity index is 0.941. The zero-order valence-corrected chi connectivity index (χ0v) is 78.3. The SMILES string of the molecule is CCOC(=O)CC1C(=O)NCCN1C(=O)c1cc(CS(=O)(=O)N(CCF)c2cc3oc(-c4ccc(F)cc4)c(C(=O)NC)c3cc2-c2cc(C(=O)N3CCNC(=O)C34CCCC4)ccc2CS(=O)(=O)N(CCF)c2cc3oc(-c4ccc(F)cc4)c(C(=O)NC)c3cc2-c2cccc(C(=O)N3CC(F)(F)C(F)(F)C3)c2)cc(-c2cc3c(C(=O)NC)c(-c4ccc(F)cc4)oc3cc2N(CCF)S(C)(=O)=O)c1. The van der Waals surface area contributed by atoms with Crippen molar-refractivity contribution in [3.63, 3.8) is 0 Å². The topological polar surface area (TPSA) is 384 Å². The van der Waals surface area contributed by atoms with E-state index < -0.39 is 251 Å². The van der Waals surface area contributed by atoms with Gasteiger partial charge in [0.2, 0.25) is 41.9 Å². The molecule has 1 atom stereocenters. The lowest BCUT2D eigenvalue weighted by Gasteiger charge is -2.43. The molecule has 4 aliphatic rings. The maximum atomic E-state index is 16.9. The second kappa shape index (κ2) is 39.2. The van der Waals surface area contributed by atoms with Crippen molar-refractivity contribution in [1.82, 2.24) is 41.3 Å². The molecule has 3 aromatic heterocycles. The van der Waals surface area contributed by atoms with Gasteiger partial charge in [0.25, 0.3) is 35.4 Å². The first kappa shape index (κ1) is 99.4. The number of ether oxygens (including phenoxy) is 1. The second-order valence-electron chi connectivity index (χ2n) is 34.0. The third-order valence-corrected chi connectivity index (χ3v) is 29.9. The fourth-order valence-corrected chi connectivity index (χ4v) is 22.7. The number of likely N-dealkylation sites (tertiary alicyclic amines) is 1. The van der Waals surface area contributed by atoms with Crippen LogP contribution in [0.3, 0.4) is 0 Å². The molecule has 8 amide bonds. The molecule has 3 aliphatic heterocycles. The van der Waals surface area contributed by atoms with Crippen molar-refractivity contribution in [3.8, 4) is 67.4 Å². The molecule has 141 heavy (non-hydrogen) atoms. The number of benzene rings is 9. The van der Waals surface area contributed by atoms with E-state index in [1.54, 1.807) is 0 Å². The second-order valence-corrected chi connectivity index (χ2v) is 39.7. The minimum absolute atomic E-state index is 0.00405. The molecule has 12 aromatic rings. The first-order valence-electron chi connectivity index (χ1n) is 44.3. The molecule has 9 aromatic carbocycles. The van der Waals surface area contributed by atoms with E-state index >= 15 is 44.0 Å². The van der Waals surface area contributed by atoms with Crippen molar-refractivity contribution < 1.29 is 130 Å². The molecule has 3 saturated heterocycles. The van der Waals surface area contributed by atoms with Gasteiger partial charge in [-0.3, -0.25) is 56.1 Å². The summed E-state index contributed by atoms with van der Waals surface area (Å²) in [4.78, 5) is 134. The van der Waals surface area contributed by atoms with Gasteiger partial charge in [-0.2, -0.15) is 17.6 Å². The van der Waals surface area contributed by atoms with Crippen LogP contribution in [0, 0.1) is 17.5 Å². The number of amides is 8. The Hall–Kier alpha value is -14.6. The summed E-state index contributed by atoms with van der Waals surface area (Å²) in [7, 11) is -12.0. The molecule has 4 fully saturated rings. The average molecular weight is 2010 g/mol. The van der Waals surface area contributed by atoms with Crippen LogP contribution in [0.2, 0.25) is 0 Å². The van der Waals surface area contributed by atoms with Crippen molar-refractivity contribution in [1.29, 1.82) is 0 Å². The van der Waals surface area contributed by atoms with Crippen LogP contribution in [-0.2, 0) is 60.7 Å². The van der Waals surface area contributed by atoms with Gasteiger partial charge < -0.3 is 59.3 Å². The van der Waals surface area contributed by atoms with Gasteiger partial charge in [0.1, 0.15) is 83.1 Å². The number of halogens is 10. The van der Waals surface area contributed by atoms with Crippen LogP contribution >= 0.6 is 0 Å². The van der Waals surface area contributed by atoms with Gasteiger partial charge in [0.15, 0.2) is 0 Å². The van der Waals surface area contributed by atoms with Crippen LogP contribution in [0.15, 0.2) is 183 Å². The largest absolute Gasteiger partial charge is 0.466 e. The maximum Gasteiger partial charge on any atom is 0.329 e. The number of fused-ring (bicyclic) bond motifs is 3. The summed E-state index contributed by atoms with van der Waals surface area (Å²) in [5.74, 6) is -23.5. The van der Waals surface area contributed by atoms with E-state index in [0.29, 0.717) is 25.8 Å². The van der Waals surface area contributed by atoms with Gasteiger partial charge in [-0.05, 0) is 181 Å². The number of nitrogens with one attached hydrogen (secondary N) is 5. The van der Waals surface area contributed by atoms with Crippen molar-refractivity contribution in [2.75, 3.05) is 126 Å². The Labute approximate surface area is 799 Å². The van der Waals surface area contributed by atoms with Gasteiger partial charge in [0, 0.05) is 132 Å². The highest BCUT2D eigenvalue weighted by atomic mass is 32.2. The van der Waals surface area contributed by atoms with Crippen molar-refractivity contribution in [3.05, 3.63) is 232 Å². The average Bonchev–Trinajstić information content (AvgIpc) is 1.63. The number of carbonyl (C=O) groups excluding carboxylic acids is 9. The number of anilines is 3. The zero-order valence-electron chi connectivity index (χ0n) is 75.8. The van der Waals surface area contributed by atoms with Gasteiger partial charge in [0.05, 0.1) is 97.3 Å². The van der Waals surface area contributed by atoms with Gasteiger partial charge >= 0.3 is 17.8 Å². The third-order valence-electron chi connectivity index (χ3n) is 25.2. The summed E-state index contributed by atoms with van der Waals surface area (Å²) in [5.41, 5.74) is -9.42. The van der Waals surface area contributed by atoms with Crippen LogP contribution in [0.4, 0.5) is 61.0 Å². The predicted molar refractivity (Wildman–Crippen MR) is 501 cm³/mol. The smallest absolute Gasteiger partial charge is 0.329 e. The number of carbonyl (C=O) groups is 9. The number of furan rings is 3. The number of nitrogens with zero attached hydrogens (tertiary/aromatic N) is 6. The number of rotatable bonds is 31. The highest BCUT2D eigenvalue weighted by Gasteiger charge is 2.64. The molecule has 16 rings (SSSR count). The summed E-state index contributed by atoms with van der Waals surface area (Å²) in [6, 6.07) is 29.9. The summed E-state index contributed by atoms with van der Waals surface area (Å²) in [6.07, 6.45) is 1.19. The minimum Gasteiger partial charge on any atom is -0.466 e. The van der Waals surface area contributed by atoms with Crippen LogP contribution < -0.4 is 39.5 Å². The van der Waals surface area contributed by atoms with Crippen LogP contribution in [-0.4, -0.2) is 230 Å². The van der Waals surface area contributed by atoms with Crippen molar-refractivity contribution in [2.24, 2.45) is 0 Å². The van der Waals surface area contributed by atoms with Gasteiger partial charge in [-0.1, -0.05) is 31.0 Å². The summed E-state index contributed by atoms with van der Waals surface area (Å²) < 4.78 is 274. The standard InChI is InChI=1S/C98H89F10N11O19S3/c1-6-135-81(120)49-77-88(121)112-31-36-115(77)93(126)63-39-54(38-62(41-63)69-44-72-78(46-74(69)117(33-28-99)139(5,129)130)136-86(83(72)90(123)110-3)56-16-22-65(103)23-17-56)50-140(131,132)119(35-30-101)76-48-80-73(84(91(124)111-4)87(138-80)57-18-24-66(104)25-19-57)45-70(76)67-42-60(94(127)116-37-32-113-95(128)96(116)26-7-8-27-96)12-13-61(67)51-141(133,134)118(34-29-100)75-47-79-71(82(89(122)109-2)85(137-79)55-14-20-64(102)21-15-55)43-68(75)58-10-9-11-59(40-58)92(125)114-52-97(105,106)98(107,108)53-114/h9-25,38-48,77H,6-8,26-37,49-53H2,1-5H3,(H,109,122)(H,110,123)(H,111,124)(H,112,121)(H,113,128). The van der Waals surface area contributed by atoms with E-state index in [1.807, 2.05) is 0 Å². The van der Waals surface area contributed by atoms with Crippen molar-refractivity contribution >= 4 is 133 Å². The lowest BCUT2D eigenvalue weighted by molar-refractivity contribution is -0.172. The number of alkyl halides is 7. The molecule has 5 N–H and O–H groups in total. The molecule has 30 nitrogen and oxygen atoms in total. The summed E-state index contributed by atoms with van der Waals surface area (Å²) in [5, 5.41) is 12.4. The molecule has 738 valence electrons.